The fraction of sp³-hybridized carbons (Fsp3) is 0.235. The van der Waals surface area contributed by atoms with Gasteiger partial charge in [-0.15, -0.1) is 0 Å². The summed E-state index contributed by atoms with van der Waals surface area (Å²) in [4.78, 5) is 12.3. The SMILES string of the molecule is O=C(c1ccccc1)C(Cc1ccccc1)CC(F)(F)F. The van der Waals surface area contributed by atoms with Crippen molar-refractivity contribution in [2.75, 3.05) is 0 Å². The maximum Gasteiger partial charge on any atom is 0.389 e. The van der Waals surface area contributed by atoms with E-state index in [1.165, 1.54) is 0 Å². The van der Waals surface area contributed by atoms with E-state index in [9.17, 15) is 18.0 Å². The highest BCUT2D eigenvalue weighted by Crippen LogP contribution is 2.29. The molecule has 0 saturated heterocycles. The molecule has 0 N–H and O–H groups in total. The molecule has 2 rings (SSSR count). The van der Waals surface area contributed by atoms with Crippen molar-refractivity contribution in [2.24, 2.45) is 5.92 Å². The Bertz CT molecular complexity index is 576. The molecule has 0 saturated carbocycles. The van der Waals surface area contributed by atoms with Gasteiger partial charge >= 0.3 is 6.18 Å². The van der Waals surface area contributed by atoms with Crippen LogP contribution >= 0.6 is 0 Å². The van der Waals surface area contributed by atoms with Gasteiger partial charge in [-0.25, -0.2) is 0 Å². The molecule has 0 heterocycles. The number of benzene rings is 2. The number of alkyl halides is 3. The molecule has 1 atom stereocenters. The summed E-state index contributed by atoms with van der Waals surface area (Å²) in [6.07, 6.45) is -5.37. The van der Waals surface area contributed by atoms with Crippen molar-refractivity contribution in [1.82, 2.24) is 0 Å². The summed E-state index contributed by atoms with van der Waals surface area (Å²) in [6.45, 7) is 0. The molecule has 0 spiro atoms. The highest BCUT2D eigenvalue weighted by molar-refractivity contribution is 5.98. The lowest BCUT2D eigenvalue weighted by Crippen LogP contribution is -2.24. The van der Waals surface area contributed by atoms with Gasteiger partial charge in [-0.1, -0.05) is 60.7 Å². The van der Waals surface area contributed by atoms with Crippen LogP contribution in [0, 0.1) is 5.92 Å². The molecule has 2 aromatic rings. The number of hydrogen-bond acceptors (Lipinski definition) is 1. The maximum atomic E-state index is 12.7. The van der Waals surface area contributed by atoms with Crippen molar-refractivity contribution < 1.29 is 18.0 Å². The minimum Gasteiger partial charge on any atom is -0.294 e. The van der Waals surface area contributed by atoms with E-state index in [-0.39, 0.29) is 6.42 Å². The monoisotopic (exact) mass is 292 g/mol. The number of carbonyl (C=O) groups excluding carboxylic acids is 1. The lowest BCUT2D eigenvalue weighted by molar-refractivity contribution is -0.141. The number of Topliss-reactive ketones (excluding diaryl/α,β-unsaturated/α-hetero) is 1. The Hall–Kier alpha value is -2.10. The van der Waals surface area contributed by atoms with Gasteiger partial charge < -0.3 is 0 Å². The number of hydrogen-bond donors (Lipinski definition) is 0. The fourth-order valence-electron chi connectivity index (χ4n) is 2.27. The Kier molecular flexibility index (Phi) is 4.78. The molecule has 0 fully saturated rings. The zero-order chi connectivity index (χ0) is 15.3. The molecular weight excluding hydrogens is 277 g/mol. The van der Waals surface area contributed by atoms with Gasteiger partial charge in [-0.05, 0) is 12.0 Å². The standard InChI is InChI=1S/C17H15F3O/c18-17(19,20)12-15(11-13-7-3-1-4-8-13)16(21)14-9-5-2-6-10-14/h1-10,15H,11-12H2. The van der Waals surface area contributed by atoms with Crippen LogP contribution in [0.1, 0.15) is 22.3 Å². The van der Waals surface area contributed by atoms with E-state index >= 15 is 0 Å². The van der Waals surface area contributed by atoms with Crippen LogP contribution < -0.4 is 0 Å². The van der Waals surface area contributed by atoms with Gasteiger partial charge in [0.15, 0.2) is 5.78 Å². The molecule has 0 aliphatic rings. The van der Waals surface area contributed by atoms with Crippen LogP contribution in [-0.2, 0) is 6.42 Å². The first kappa shape index (κ1) is 15.3. The van der Waals surface area contributed by atoms with Crippen LogP contribution in [0.2, 0.25) is 0 Å². The molecule has 0 radical (unpaired) electrons. The van der Waals surface area contributed by atoms with Crippen LogP contribution in [0.3, 0.4) is 0 Å². The molecule has 0 aliphatic carbocycles. The summed E-state index contributed by atoms with van der Waals surface area (Å²) in [5.41, 5.74) is 1.05. The molecule has 1 unspecified atom stereocenters. The van der Waals surface area contributed by atoms with Crippen LogP contribution in [0.4, 0.5) is 13.2 Å². The fourth-order valence-corrected chi connectivity index (χ4v) is 2.27. The van der Waals surface area contributed by atoms with Gasteiger partial charge in [-0.2, -0.15) is 13.2 Å². The van der Waals surface area contributed by atoms with E-state index in [1.54, 1.807) is 60.7 Å². The van der Waals surface area contributed by atoms with E-state index < -0.39 is 24.3 Å². The minimum atomic E-state index is -4.36. The second kappa shape index (κ2) is 6.57. The number of rotatable bonds is 5. The Morgan fingerprint density at radius 3 is 1.95 bits per heavy atom. The first-order chi connectivity index (χ1) is 9.96. The van der Waals surface area contributed by atoms with Crippen molar-refractivity contribution >= 4 is 5.78 Å². The van der Waals surface area contributed by atoms with Crippen molar-refractivity contribution in [3.05, 3.63) is 71.8 Å². The molecule has 110 valence electrons. The summed E-state index contributed by atoms with van der Waals surface area (Å²) < 4.78 is 38.2. The Morgan fingerprint density at radius 1 is 0.905 bits per heavy atom. The Morgan fingerprint density at radius 2 is 1.43 bits per heavy atom. The Balaban J connectivity index is 2.22. The van der Waals surface area contributed by atoms with Crippen molar-refractivity contribution in [1.29, 1.82) is 0 Å². The largest absolute Gasteiger partial charge is 0.389 e. The molecule has 0 aromatic heterocycles. The van der Waals surface area contributed by atoms with Gasteiger partial charge in [-0.3, -0.25) is 4.79 Å². The van der Waals surface area contributed by atoms with Crippen LogP contribution in [-0.4, -0.2) is 12.0 Å². The average Bonchev–Trinajstić information content (AvgIpc) is 2.46. The van der Waals surface area contributed by atoms with Crippen LogP contribution in [0.15, 0.2) is 60.7 Å². The molecule has 0 aliphatic heterocycles. The van der Waals surface area contributed by atoms with Gasteiger partial charge in [0.1, 0.15) is 0 Å². The second-order valence-electron chi connectivity index (χ2n) is 4.94. The number of halogens is 3. The maximum absolute atomic E-state index is 12.7. The molecule has 1 nitrogen and oxygen atoms in total. The lowest BCUT2D eigenvalue weighted by Gasteiger charge is -2.18. The summed E-state index contributed by atoms with van der Waals surface area (Å²) in [5, 5.41) is 0. The molecular formula is C17H15F3O. The predicted molar refractivity (Wildman–Crippen MR) is 75.1 cm³/mol. The highest BCUT2D eigenvalue weighted by Gasteiger charge is 2.35. The van der Waals surface area contributed by atoms with Crippen LogP contribution in [0.5, 0.6) is 0 Å². The summed E-state index contributed by atoms with van der Waals surface area (Å²) in [6, 6.07) is 16.9. The molecule has 4 heteroatoms. The smallest absolute Gasteiger partial charge is 0.294 e. The molecule has 2 aromatic carbocycles. The zero-order valence-corrected chi connectivity index (χ0v) is 11.3. The average molecular weight is 292 g/mol. The van der Waals surface area contributed by atoms with E-state index in [2.05, 4.69) is 0 Å². The third-order valence-electron chi connectivity index (χ3n) is 3.23. The molecule has 0 amide bonds. The molecule has 21 heavy (non-hydrogen) atoms. The molecule has 0 bridgehead atoms. The summed E-state index contributed by atoms with van der Waals surface area (Å²) in [7, 11) is 0. The number of ketones is 1. The van der Waals surface area contributed by atoms with Crippen molar-refractivity contribution in [3.8, 4) is 0 Å². The van der Waals surface area contributed by atoms with E-state index in [1.807, 2.05) is 0 Å². The van der Waals surface area contributed by atoms with Crippen molar-refractivity contribution in [3.63, 3.8) is 0 Å². The topological polar surface area (TPSA) is 17.1 Å². The van der Waals surface area contributed by atoms with Crippen molar-refractivity contribution in [2.45, 2.75) is 19.0 Å². The van der Waals surface area contributed by atoms with Gasteiger partial charge in [0.2, 0.25) is 0 Å². The van der Waals surface area contributed by atoms with Crippen LogP contribution in [0.25, 0.3) is 0 Å². The second-order valence-corrected chi connectivity index (χ2v) is 4.94. The van der Waals surface area contributed by atoms with Gasteiger partial charge in [0, 0.05) is 11.5 Å². The highest BCUT2D eigenvalue weighted by atomic mass is 19.4. The Labute approximate surface area is 121 Å². The van der Waals surface area contributed by atoms with Gasteiger partial charge in [0.05, 0.1) is 6.42 Å². The third-order valence-corrected chi connectivity index (χ3v) is 3.23. The summed E-state index contributed by atoms with van der Waals surface area (Å²) in [5.74, 6) is -1.55. The first-order valence-electron chi connectivity index (χ1n) is 6.65. The van der Waals surface area contributed by atoms with E-state index in [0.29, 0.717) is 5.56 Å². The minimum absolute atomic E-state index is 0.0913. The lowest BCUT2D eigenvalue weighted by atomic mass is 9.88. The predicted octanol–water partition coefficient (Wildman–Crippen LogP) is 4.68. The quantitative estimate of drug-likeness (QED) is 0.731. The van der Waals surface area contributed by atoms with E-state index in [0.717, 1.165) is 5.56 Å². The first-order valence-corrected chi connectivity index (χ1v) is 6.65. The normalized spacial score (nSPS) is 12.9. The third kappa shape index (κ3) is 4.74. The number of carbonyl (C=O) groups is 1. The van der Waals surface area contributed by atoms with E-state index in [4.69, 9.17) is 0 Å². The summed E-state index contributed by atoms with van der Waals surface area (Å²) >= 11 is 0. The van der Waals surface area contributed by atoms with Gasteiger partial charge in [0.25, 0.3) is 0 Å². The zero-order valence-electron chi connectivity index (χ0n) is 11.3.